The van der Waals surface area contributed by atoms with Crippen molar-refractivity contribution >= 4 is 34.8 Å². The predicted octanol–water partition coefficient (Wildman–Crippen LogP) is 4.93. The molecule has 1 aliphatic carbocycles. The van der Waals surface area contributed by atoms with E-state index in [1.165, 1.54) is 0 Å². The van der Waals surface area contributed by atoms with Crippen molar-refractivity contribution in [1.29, 1.82) is 0 Å². The minimum absolute atomic E-state index is 0.152. The van der Waals surface area contributed by atoms with Crippen molar-refractivity contribution in [3.05, 3.63) is 69.7 Å². The van der Waals surface area contributed by atoms with Gasteiger partial charge in [0.15, 0.2) is 6.10 Å². The lowest BCUT2D eigenvalue weighted by atomic mass is 10.0. The van der Waals surface area contributed by atoms with Gasteiger partial charge in [-0.3, -0.25) is 4.79 Å². The first-order valence-corrected chi connectivity index (χ1v) is 9.86. The van der Waals surface area contributed by atoms with Crippen LogP contribution in [0.3, 0.4) is 0 Å². The van der Waals surface area contributed by atoms with Crippen molar-refractivity contribution in [2.45, 2.75) is 31.9 Å². The molecule has 2 aromatic carbocycles. The summed E-state index contributed by atoms with van der Waals surface area (Å²) >= 11 is 12.1. The van der Waals surface area contributed by atoms with E-state index in [-0.39, 0.29) is 17.9 Å². The van der Waals surface area contributed by atoms with Gasteiger partial charge in [0, 0.05) is 24.4 Å². The average Bonchev–Trinajstić information content (AvgIpc) is 3.43. The molecule has 1 fully saturated rings. The summed E-state index contributed by atoms with van der Waals surface area (Å²) in [6.45, 7) is 1.12. The summed E-state index contributed by atoms with van der Waals surface area (Å²) in [7, 11) is 0. The fourth-order valence-corrected chi connectivity index (χ4v) is 3.54. The number of halogens is 2. The minimum Gasteiger partial charge on any atom is -0.390 e. The third-order valence-corrected chi connectivity index (χ3v) is 5.60. The maximum absolute atomic E-state index is 12.7. The summed E-state index contributed by atoms with van der Waals surface area (Å²) in [6, 6.07) is 15.5. The first-order chi connectivity index (χ1) is 13.1. The molecule has 1 saturated carbocycles. The van der Waals surface area contributed by atoms with Gasteiger partial charge >= 0.3 is 0 Å². The highest BCUT2D eigenvalue weighted by atomic mass is 35.5. The van der Waals surface area contributed by atoms with Gasteiger partial charge in [-0.25, -0.2) is 0 Å². The Morgan fingerprint density at radius 3 is 2.59 bits per heavy atom. The summed E-state index contributed by atoms with van der Waals surface area (Å²) in [4.78, 5) is 20.3. The van der Waals surface area contributed by atoms with E-state index in [0.717, 1.165) is 29.7 Å². The number of oxime groups is 1. The van der Waals surface area contributed by atoms with Crippen molar-refractivity contribution in [2.75, 3.05) is 6.54 Å². The highest BCUT2D eigenvalue weighted by molar-refractivity contribution is 6.42. The molecule has 0 saturated heterocycles. The summed E-state index contributed by atoms with van der Waals surface area (Å²) in [5.74, 6) is 0.385. The normalized spacial score (nSPS) is 18.7. The number of hydrogen-bond donors (Lipinski definition) is 0. The van der Waals surface area contributed by atoms with Crippen molar-refractivity contribution in [3.8, 4) is 0 Å². The lowest BCUT2D eigenvalue weighted by Gasteiger charge is -2.25. The second-order valence-electron chi connectivity index (χ2n) is 7.08. The van der Waals surface area contributed by atoms with Gasteiger partial charge in [-0.15, -0.1) is 0 Å². The molecular formula is C21H20Cl2N2O2. The second-order valence-corrected chi connectivity index (χ2v) is 7.89. The number of nitrogens with zero attached hydrogens (tertiary/aromatic N) is 2. The fraction of sp³-hybridized carbons (Fsp3) is 0.333. The molecule has 27 heavy (non-hydrogen) atoms. The van der Waals surface area contributed by atoms with E-state index in [4.69, 9.17) is 28.0 Å². The van der Waals surface area contributed by atoms with Crippen LogP contribution >= 0.6 is 23.2 Å². The molecule has 1 atom stereocenters. The molecule has 2 aromatic rings. The molecule has 0 radical (unpaired) electrons. The molecule has 4 nitrogen and oxygen atoms in total. The molecule has 0 bridgehead atoms. The van der Waals surface area contributed by atoms with Crippen LogP contribution < -0.4 is 0 Å². The van der Waals surface area contributed by atoms with Crippen molar-refractivity contribution in [1.82, 2.24) is 4.90 Å². The van der Waals surface area contributed by atoms with Gasteiger partial charge in [0.1, 0.15) is 0 Å². The first kappa shape index (κ1) is 18.3. The van der Waals surface area contributed by atoms with Crippen LogP contribution in [0.4, 0.5) is 0 Å². The van der Waals surface area contributed by atoms with E-state index in [1.807, 2.05) is 41.3 Å². The predicted molar refractivity (Wildman–Crippen MR) is 107 cm³/mol. The third kappa shape index (κ3) is 4.45. The molecule has 2 aliphatic rings. The van der Waals surface area contributed by atoms with E-state index in [1.54, 1.807) is 12.1 Å². The lowest BCUT2D eigenvalue weighted by Crippen LogP contribution is -2.38. The van der Waals surface area contributed by atoms with Crippen LogP contribution in [0.15, 0.2) is 53.7 Å². The highest BCUT2D eigenvalue weighted by Crippen LogP contribution is 2.32. The van der Waals surface area contributed by atoms with Gasteiger partial charge in [-0.2, -0.15) is 0 Å². The van der Waals surface area contributed by atoms with Crippen LogP contribution in [0, 0.1) is 5.92 Å². The molecule has 1 aliphatic heterocycles. The van der Waals surface area contributed by atoms with Gasteiger partial charge in [0.05, 0.1) is 22.3 Å². The van der Waals surface area contributed by atoms with Crippen LogP contribution in [0.5, 0.6) is 0 Å². The van der Waals surface area contributed by atoms with E-state index >= 15 is 0 Å². The van der Waals surface area contributed by atoms with Crippen LogP contribution in [-0.2, 0) is 16.2 Å². The molecule has 4 rings (SSSR count). The van der Waals surface area contributed by atoms with Crippen LogP contribution in [-0.4, -0.2) is 29.2 Å². The van der Waals surface area contributed by atoms with E-state index < -0.39 is 0 Å². The maximum Gasteiger partial charge on any atom is 0.226 e. The van der Waals surface area contributed by atoms with E-state index in [9.17, 15) is 4.79 Å². The van der Waals surface area contributed by atoms with Gasteiger partial charge in [0.2, 0.25) is 5.91 Å². The Hall–Kier alpha value is -2.04. The zero-order valence-electron chi connectivity index (χ0n) is 14.8. The Morgan fingerprint density at radius 2 is 1.89 bits per heavy atom. The summed E-state index contributed by atoms with van der Waals surface area (Å²) in [5, 5.41) is 5.22. The molecule has 0 aromatic heterocycles. The summed E-state index contributed by atoms with van der Waals surface area (Å²) in [6.07, 6.45) is 2.46. The molecule has 1 heterocycles. The number of benzene rings is 2. The van der Waals surface area contributed by atoms with Gasteiger partial charge in [-0.05, 0) is 30.5 Å². The number of rotatable bonds is 6. The largest absolute Gasteiger partial charge is 0.390 e. The molecule has 1 amide bonds. The Morgan fingerprint density at radius 1 is 1.11 bits per heavy atom. The summed E-state index contributed by atoms with van der Waals surface area (Å²) in [5.41, 5.74) is 2.85. The van der Waals surface area contributed by atoms with E-state index in [2.05, 4.69) is 5.16 Å². The Bertz CT molecular complexity index is 866. The topological polar surface area (TPSA) is 41.9 Å². The summed E-state index contributed by atoms with van der Waals surface area (Å²) < 4.78 is 0. The van der Waals surface area contributed by atoms with Gasteiger partial charge in [-0.1, -0.05) is 64.8 Å². The average molecular weight is 403 g/mol. The van der Waals surface area contributed by atoms with Gasteiger partial charge in [0.25, 0.3) is 0 Å². The lowest BCUT2D eigenvalue weighted by molar-refractivity contribution is -0.135. The number of hydrogen-bond acceptors (Lipinski definition) is 3. The van der Waals surface area contributed by atoms with Crippen LogP contribution in [0.2, 0.25) is 10.0 Å². The standard InChI is InChI=1S/C21H20Cl2N2O2/c22-18-9-8-16(10-19(18)23)20-11-17(27-24-20)13-25(21(26)15-6-7-15)12-14-4-2-1-3-5-14/h1-5,8-10,15,17H,6-7,11-13H2. The highest BCUT2D eigenvalue weighted by Gasteiger charge is 2.35. The Balaban J connectivity index is 1.43. The van der Waals surface area contributed by atoms with Crippen molar-refractivity contribution in [3.63, 3.8) is 0 Å². The second kappa shape index (κ2) is 7.91. The number of carbonyl (C=O) groups excluding carboxylic acids is 1. The minimum atomic E-state index is -0.152. The van der Waals surface area contributed by atoms with E-state index in [0.29, 0.717) is 29.6 Å². The maximum atomic E-state index is 12.7. The molecule has 6 heteroatoms. The van der Waals surface area contributed by atoms with Gasteiger partial charge < -0.3 is 9.74 Å². The fourth-order valence-electron chi connectivity index (χ4n) is 3.24. The van der Waals surface area contributed by atoms with Crippen molar-refractivity contribution < 1.29 is 9.63 Å². The van der Waals surface area contributed by atoms with Crippen molar-refractivity contribution in [2.24, 2.45) is 11.1 Å². The van der Waals surface area contributed by atoms with Crippen LogP contribution in [0.25, 0.3) is 0 Å². The number of carbonyl (C=O) groups is 1. The Kier molecular flexibility index (Phi) is 5.37. The molecule has 0 spiro atoms. The number of amides is 1. The van der Waals surface area contributed by atoms with Crippen LogP contribution in [0.1, 0.15) is 30.4 Å². The zero-order chi connectivity index (χ0) is 18.8. The quantitative estimate of drug-likeness (QED) is 0.687. The molecular weight excluding hydrogens is 383 g/mol. The third-order valence-electron chi connectivity index (χ3n) is 4.86. The monoisotopic (exact) mass is 402 g/mol. The molecule has 0 N–H and O–H groups in total. The molecule has 140 valence electrons. The Labute approximate surface area is 168 Å². The molecule has 1 unspecified atom stereocenters. The zero-order valence-corrected chi connectivity index (χ0v) is 16.3. The first-order valence-electron chi connectivity index (χ1n) is 9.11. The smallest absolute Gasteiger partial charge is 0.226 e. The SMILES string of the molecule is O=C(C1CC1)N(Cc1ccccc1)CC1CC(c2ccc(Cl)c(Cl)c2)=NO1.